The molecule has 0 aliphatic carbocycles. The number of nitrogens with zero attached hydrogens (tertiary/aromatic N) is 2. The normalized spacial score (nSPS) is 18.1. The maximum atomic E-state index is 12.0. The summed E-state index contributed by atoms with van der Waals surface area (Å²) in [5.41, 5.74) is 0. The smallest absolute Gasteiger partial charge is 0.317 e. The van der Waals surface area contributed by atoms with E-state index in [1.54, 1.807) is 4.90 Å². The molecular weight excluding hydrogens is 258 g/mol. The molecular formula is C14H27N3O3. The summed E-state index contributed by atoms with van der Waals surface area (Å²) in [5.74, 6) is -0.367. The van der Waals surface area contributed by atoms with Crippen LogP contribution in [0, 0.1) is 11.8 Å². The van der Waals surface area contributed by atoms with Crippen molar-refractivity contribution in [3.63, 3.8) is 0 Å². The number of rotatable bonds is 6. The molecule has 1 atom stereocenters. The van der Waals surface area contributed by atoms with Crippen LogP contribution in [-0.2, 0) is 4.79 Å². The number of carboxylic acid groups (broad SMARTS) is 1. The monoisotopic (exact) mass is 285 g/mol. The molecule has 2 amide bonds. The van der Waals surface area contributed by atoms with Crippen LogP contribution in [0.1, 0.15) is 26.7 Å². The van der Waals surface area contributed by atoms with Gasteiger partial charge < -0.3 is 20.2 Å². The molecule has 1 rings (SSSR count). The molecule has 0 unspecified atom stereocenters. The standard InChI is InChI=1S/C14H27N3O3/c1-11(2)8-12(9-13(18)19)10-15-14(20)17-6-4-16(3)5-7-17/h11-12H,4-10H2,1-3H3,(H,15,20)(H,18,19)/t12-/m0/s1. The van der Waals surface area contributed by atoms with Crippen molar-refractivity contribution >= 4 is 12.0 Å². The van der Waals surface area contributed by atoms with Crippen LogP contribution in [0.2, 0.25) is 0 Å². The minimum Gasteiger partial charge on any atom is -0.481 e. The second kappa shape index (κ2) is 8.09. The lowest BCUT2D eigenvalue weighted by Crippen LogP contribution is -2.51. The first-order chi connectivity index (χ1) is 9.38. The third kappa shape index (κ3) is 6.23. The van der Waals surface area contributed by atoms with Crippen LogP contribution in [0.3, 0.4) is 0 Å². The Kier molecular flexibility index (Phi) is 6.78. The summed E-state index contributed by atoms with van der Waals surface area (Å²) in [4.78, 5) is 26.9. The van der Waals surface area contributed by atoms with E-state index in [2.05, 4.69) is 24.1 Å². The number of hydrogen-bond donors (Lipinski definition) is 2. The number of likely N-dealkylation sites (N-methyl/N-ethyl adjacent to an activating group) is 1. The molecule has 0 radical (unpaired) electrons. The van der Waals surface area contributed by atoms with Gasteiger partial charge in [-0.2, -0.15) is 0 Å². The molecule has 0 aromatic rings. The Hall–Kier alpha value is -1.30. The molecule has 1 heterocycles. The predicted octanol–water partition coefficient (Wildman–Crippen LogP) is 1.08. The number of carboxylic acids is 1. The second-order valence-electron chi connectivity index (χ2n) is 6.07. The maximum Gasteiger partial charge on any atom is 0.317 e. The second-order valence-corrected chi connectivity index (χ2v) is 6.07. The number of aliphatic carboxylic acids is 1. The molecule has 1 saturated heterocycles. The fourth-order valence-corrected chi connectivity index (χ4v) is 2.51. The Balaban J connectivity index is 2.37. The number of carbonyl (C=O) groups is 2. The number of nitrogens with one attached hydrogen (secondary N) is 1. The molecule has 0 saturated carbocycles. The van der Waals surface area contributed by atoms with Gasteiger partial charge in [-0.3, -0.25) is 4.79 Å². The van der Waals surface area contributed by atoms with E-state index in [0.29, 0.717) is 12.5 Å². The first kappa shape index (κ1) is 16.8. The van der Waals surface area contributed by atoms with Crippen molar-refractivity contribution in [3.05, 3.63) is 0 Å². The highest BCUT2D eigenvalue weighted by atomic mass is 16.4. The molecule has 6 heteroatoms. The van der Waals surface area contributed by atoms with Gasteiger partial charge in [0, 0.05) is 39.1 Å². The van der Waals surface area contributed by atoms with Crippen molar-refractivity contribution in [2.24, 2.45) is 11.8 Å². The SMILES string of the molecule is CC(C)C[C@H](CNC(=O)N1CCN(C)CC1)CC(=O)O. The summed E-state index contributed by atoms with van der Waals surface area (Å²) in [5, 5.41) is 11.8. The van der Waals surface area contributed by atoms with Crippen LogP contribution < -0.4 is 5.32 Å². The number of carbonyl (C=O) groups excluding carboxylic acids is 1. The number of urea groups is 1. The van der Waals surface area contributed by atoms with Gasteiger partial charge in [-0.1, -0.05) is 13.8 Å². The van der Waals surface area contributed by atoms with Crippen LogP contribution in [0.4, 0.5) is 4.79 Å². The quantitative estimate of drug-likeness (QED) is 0.766. The van der Waals surface area contributed by atoms with E-state index >= 15 is 0 Å². The average Bonchev–Trinajstić information content (AvgIpc) is 2.35. The Morgan fingerprint density at radius 2 is 1.80 bits per heavy atom. The zero-order valence-electron chi connectivity index (χ0n) is 12.8. The summed E-state index contributed by atoms with van der Waals surface area (Å²) in [6.07, 6.45) is 0.927. The van der Waals surface area contributed by atoms with Gasteiger partial charge in [-0.25, -0.2) is 4.79 Å². The lowest BCUT2D eigenvalue weighted by molar-refractivity contribution is -0.138. The predicted molar refractivity (Wildman–Crippen MR) is 77.7 cm³/mol. The molecule has 6 nitrogen and oxygen atoms in total. The topological polar surface area (TPSA) is 72.9 Å². The molecule has 116 valence electrons. The van der Waals surface area contributed by atoms with Gasteiger partial charge in [0.2, 0.25) is 0 Å². The minimum atomic E-state index is -0.801. The van der Waals surface area contributed by atoms with Crippen molar-refractivity contribution in [1.82, 2.24) is 15.1 Å². The lowest BCUT2D eigenvalue weighted by atomic mass is 9.94. The number of hydrogen-bond acceptors (Lipinski definition) is 3. The summed E-state index contributed by atoms with van der Waals surface area (Å²) >= 11 is 0. The highest BCUT2D eigenvalue weighted by molar-refractivity contribution is 5.74. The Bertz CT molecular complexity index is 326. The fraction of sp³-hybridized carbons (Fsp3) is 0.857. The molecule has 0 bridgehead atoms. The Labute approximate surface area is 121 Å². The van der Waals surface area contributed by atoms with Crippen molar-refractivity contribution in [3.8, 4) is 0 Å². The first-order valence-electron chi connectivity index (χ1n) is 7.31. The van der Waals surface area contributed by atoms with E-state index in [1.807, 2.05) is 7.05 Å². The Morgan fingerprint density at radius 1 is 1.20 bits per heavy atom. The minimum absolute atomic E-state index is 0.00362. The van der Waals surface area contributed by atoms with Gasteiger partial charge in [-0.15, -0.1) is 0 Å². The molecule has 0 aromatic heterocycles. The van der Waals surface area contributed by atoms with Crippen LogP contribution >= 0.6 is 0 Å². The fourth-order valence-electron chi connectivity index (χ4n) is 2.51. The van der Waals surface area contributed by atoms with E-state index < -0.39 is 5.97 Å². The van der Waals surface area contributed by atoms with E-state index in [9.17, 15) is 9.59 Å². The van der Waals surface area contributed by atoms with E-state index in [4.69, 9.17) is 5.11 Å². The maximum absolute atomic E-state index is 12.0. The van der Waals surface area contributed by atoms with Crippen LogP contribution in [0.25, 0.3) is 0 Å². The lowest BCUT2D eigenvalue weighted by Gasteiger charge is -2.32. The molecule has 20 heavy (non-hydrogen) atoms. The van der Waals surface area contributed by atoms with E-state index in [-0.39, 0.29) is 18.4 Å². The molecule has 2 N–H and O–H groups in total. The molecule has 1 fully saturated rings. The van der Waals surface area contributed by atoms with Crippen molar-refractivity contribution < 1.29 is 14.7 Å². The summed E-state index contributed by atoms with van der Waals surface area (Å²) in [6, 6.07) is -0.0720. The van der Waals surface area contributed by atoms with Crippen molar-refractivity contribution in [2.45, 2.75) is 26.7 Å². The molecule has 0 spiro atoms. The van der Waals surface area contributed by atoms with Gasteiger partial charge in [0.15, 0.2) is 0 Å². The van der Waals surface area contributed by atoms with Crippen LogP contribution in [0.15, 0.2) is 0 Å². The average molecular weight is 285 g/mol. The van der Waals surface area contributed by atoms with Gasteiger partial charge >= 0.3 is 12.0 Å². The zero-order chi connectivity index (χ0) is 15.1. The molecule has 0 aromatic carbocycles. The largest absolute Gasteiger partial charge is 0.481 e. The third-order valence-corrected chi connectivity index (χ3v) is 3.60. The summed E-state index contributed by atoms with van der Waals surface area (Å²) < 4.78 is 0. The van der Waals surface area contributed by atoms with Crippen molar-refractivity contribution in [1.29, 1.82) is 0 Å². The molecule has 1 aliphatic heterocycles. The third-order valence-electron chi connectivity index (χ3n) is 3.60. The molecule has 1 aliphatic rings. The van der Waals surface area contributed by atoms with Gasteiger partial charge in [0.05, 0.1) is 0 Å². The van der Waals surface area contributed by atoms with Crippen LogP contribution in [-0.4, -0.2) is 66.7 Å². The van der Waals surface area contributed by atoms with Gasteiger partial charge in [-0.05, 0) is 25.3 Å². The van der Waals surface area contributed by atoms with E-state index in [1.165, 1.54) is 0 Å². The van der Waals surface area contributed by atoms with Gasteiger partial charge in [0.1, 0.15) is 0 Å². The number of amides is 2. The van der Waals surface area contributed by atoms with Crippen LogP contribution in [0.5, 0.6) is 0 Å². The van der Waals surface area contributed by atoms with E-state index in [0.717, 1.165) is 32.6 Å². The highest BCUT2D eigenvalue weighted by Crippen LogP contribution is 2.15. The van der Waals surface area contributed by atoms with Crippen molar-refractivity contribution in [2.75, 3.05) is 39.8 Å². The summed E-state index contributed by atoms with van der Waals surface area (Å²) in [6.45, 7) is 7.81. The van der Waals surface area contributed by atoms with Gasteiger partial charge in [0.25, 0.3) is 0 Å². The first-order valence-corrected chi connectivity index (χ1v) is 7.31. The number of piperazine rings is 1. The zero-order valence-corrected chi connectivity index (χ0v) is 12.8. The summed E-state index contributed by atoms with van der Waals surface area (Å²) in [7, 11) is 2.04. The highest BCUT2D eigenvalue weighted by Gasteiger charge is 2.21. The Morgan fingerprint density at radius 3 is 2.30 bits per heavy atom.